The van der Waals surface area contributed by atoms with Crippen LogP contribution in [0.25, 0.3) is 11.4 Å². The van der Waals surface area contributed by atoms with Crippen LogP contribution in [0.1, 0.15) is 6.42 Å². The van der Waals surface area contributed by atoms with Crippen molar-refractivity contribution < 1.29 is 4.79 Å². The fraction of sp³-hybridized carbons (Fsp3) is 0.167. The van der Waals surface area contributed by atoms with Crippen molar-refractivity contribution in [3.63, 3.8) is 0 Å². The van der Waals surface area contributed by atoms with E-state index < -0.39 is 0 Å². The van der Waals surface area contributed by atoms with Gasteiger partial charge in [0.25, 0.3) is 0 Å². The number of aryl methyl sites for hydroxylation is 1. The van der Waals surface area contributed by atoms with E-state index in [1.54, 1.807) is 24.5 Å². The molecule has 2 rings (SSSR count). The summed E-state index contributed by atoms with van der Waals surface area (Å²) in [5.41, 5.74) is 1.56. The van der Waals surface area contributed by atoms with Crippen molar-refractivity contribution in [1.82, 2.24) is 14.8 Å². The van der Waals surface area contributed by atoms with Crippen molar-refractivity contribution >= 4 is 11.6 Å². The number of nitrogens with one attached hydrogen (secondary N) is 1. The second-order valence-electron chi connectivity index (χ2n) is 3.73. The summed E-state index contributed by atoms with van der Waals surface area (Å²) in [6, 6.07) is 9.00. The Bertz CT molecular complexity index is 594. The van der Waals surface area contributed by atoms with Crippen molar-refractivity contribution in [1.29, 1.82) is 5.26 Å². The molecule has 0 aliphatic rings. The quantitative estimate of drug-likeness (QED) is 0.878. The molecule has 1 N–H and O–H groups in total. The molecule has 0 aliphatic carbocycles. The third kappa shape index (κ3) is 2.52. The van der Waals surface area contributed by atoms with Crippen molar-refractivity contribution in [2.45, 2.75) is 6.42 Å². The van der Waals surface area contributed by atoms with Crippen molar-refractivity contribution in [2.24, 2.45) is 7.05 Å². The maximum atomic E-state index is 11.2. The summed E-state index contributed by atoms with van der Waals surface area (Å²) in [5.74, 6) is 0.439. The van der Waals surface area contributed by atoms with E-state index in [1.807, 2.05) is 23.7 Å². The molecule has 18 heavy (non-hydrogen) atoms. The van der Waals surface area contributed by atoms with Gasteiger partial charge in [-0.2, -0.15) is 5.26 Å². The third-order valence-electron chi connectivity index (χ3n) is 2.38. The highest BCUT2D eigenvalue weighted by atomic mass is 16.1. The van der Waals surface area contributed by atoms with Gasteiger partial charge >= 0.3 is 0 Å². The number of benzene rings is 1. The van der Waals surface area contributed by atoms with E-state index >= 15 is 0 Å². The Balaban J connectivity index is 2.14. The number of nitriles is 1. The zero-order valence-corrected chi connectivity index (χ0v) is 9.79. The minimum atomic E-state index is -0.316. The first-order valence-electron chi connectivity index (χ1n) is 5.32. The molecule has 0 bridgehead atoms. The lowest BCUT2D eigenvalue weighted by molar-refractivity contribution is -0.115. The summed E-state index contributed by atoms with van der Waals surface area (Å²) in [7, 11) is 1.86. The summed E-state index contributed by atoms with van der Waals surface area (Å²) in [4.78, 5) is 11.2. The number of carbonyl (C=O) groups excluding carboxylic acids is 1. The van der Waals surface area contributed by atoms with Gasteiger partial charge in [0, 0.05) is 18.3 Å². The molecule has 0 fully saturated rings. The first-order valence-corrected chi connectivity index (χ1v) is 5.32. The molecule has 6 nitrogen and oxygen atoms in total. The van der Waals surface area contributed by atoms with Gasteiger partial charge in [0.1, 0.15) is 12.7 Å². The van der Waals surface area contributed by atoms with Gasteiger partial charge in [0.2, 0.25) is 5.91 Å². The summed E-state index contributed by atoms with van der Waals surface area (Å²) in [5, 5.41) is 18.8. The second-order valence-corrected chi connectivity index (χ2v) is 3.73. The Morgan fingerprint density at radius 2 is 2.17 bits per heavy atom. The lowest BCUT2D eigenvalue weighted by Crippen LogP contribution is -2.09. The summed E-state index contributed by atoms with van der Waals surface area (Å²) >= 11 is 0. The van der Waals surface area contributed by atoms with E-state index in [0.29, 0.717) is 5.69 Å². The van der Waals surface area contributed by atoms with Crippen LogP contribution in [0.3, 0.4) is 0 Å². The van der Waals surface area contributed by atoms with Gasteiger partial charge in [-0.15, -0.1) is 10.2 Å². The third-order valence-corrected chi connectivity index (χ3v) is 2.38. The molecular weight excluding hydrogens is 230 g/mol. The molecular formula is C12H11N5O. The maximum absolute atomic E-state index is 11.2. The van der Waals surface area contributed by atoms with E-state index in [1.165, 1.54) is 0 Å². The van der Waals surface area contributed by atoms with E-state index in [0.717, 1.165) is 11.4 Å². The minimum Gasteiger partial charge on any atom is -0.325 e. The smallest absolute Gasteiger partial charge is 0.238 e. The molecule has 0 unspecified atom stereocenters. The van der Waals surface area contributed by atoms with E-state index in [9.17, 15) is 4.79 Å². The summed E-state index contributed by atoms with van der Waals surface area (Å²) in [6.07, 6.45) is 1.48. The number of carbonyl (C=O) groups is 1. The van der Waals surface area contributed by atoms with Crippen LogP contribution < -0.4 is 5.32 Å². The highest BCUT2D eigenvalue weighted by Crippen LogP contribution is 2.18. The van der Waals surface area contributed by atoms with Gasteiger partial charge < -0.3 is 9.88 Å². The number of amides is 1. The Kier molecular flexibility index (Phi) is 3.34. The molecule has 0 radical (unpaired) electrons. The van der Waals surface area contributed by atoms with Gasteiger partial charge in [-0.3, -0.25) is 4.79 Å². The van der Waals surface area contributed by atoms with Crippen molar-refractivity contribution in [2.75, 3.05) is 5.32 Å². The molecule has 0 spiro atoms. The van der Waals surface area contributed by atoms with E-state index in [2.05, 4.69) is 15.5 Å². The molecule has 2 aromatic rings. The van der Waals surface area contributed by atoms with Crippen LogP contribution >= 0.6 is 0 Å². The molecule has 0 atom stereocenters. The Labute approximate surface area is 104 Å². The van der Waals surface area contributed by atoms with Crippen LogP contribution in [0.5, 0.6) is 0 Å². The summed E-state index contributed by atoms with van der Waals surface area (Å²) in [6.45, 7) is 0. The number of nitrogens with zero attached hydrogens (tertiary/aromatic N) is 4. The zero-order valence-electron chi connectivity index (χ0n) is 9.79. The lowest BCUT2D eigenvalue weighted by atomic mass is 10.2. The molecule has 1 aromatic heterocycles. The first-order chi connectivity index (χ1) is 8.70. The number of hydrogen-bond acceptors (Lipinski definition) is 4. The number of hydrogen-bond donors (Lipinski definition) is 1. The predicted molar refractivity (Wildman–Crippen MR) is 65.3 cm³/mol. The van der Waals surface area contributed by atoms with E-state index in [4.69, 9.17) is 5.26 Å². The normalized spacial score (nSPS) is 9.78. The Morgan fingerprint density at radius 3 is 2.72 bits per heavy atom. The molecule has 0 saturated carbocycles. The van der Waals surface area contributed by atoms with Gasteiger partial charge in [0.05, 0.1) is 6.07 Å². The van der Waals surface area contributed by atoms with Crippen LogP contribution in [0.15, 0.2) is 30.6 Å². The average Bonchev–Trinajstić information content (AvgIpc) is 2.77. The van der Waals surface area contributed by atoms with Crippen LogP contribution in [-0.2, 0) is 11.8 Å². The van der Waals surface area contributed by atoms with Gasteiger partial charge in [-0.1, -0.05) is 0 Å². The number of rotatable bonds is 3. The monoisotopic (exact) mass is 241 g/mol. The fourth-order valence-electron chi connectivity index (χ4n) is 1.52. The molecule has 1 amide bonds. The SMILES string of the molecule is Cn1cnnc1-c1ccc(NC(=O)CC#N)cc1. The Morgan fingerprint density at radius 1 is 1.44 bits per heavy atom. The van der Waals surface area contributed by atoms with Gasteiger partial charge in [-0.05, 0) is 24.3 Å². The van der Waals surface area contributed by atoms with Gasteiger partial charge in [-0.25, -0.2) is 0 Å². The highest BCUT2D eigenvalue weighted by molar-refractivity contribution is 5.92. The first kappa shape index (κ1) is 11.8. The predicted octanol–water partition coefficient (Wildman–Crippen LogP) is 1.33. The second kappa shape index (κ2) is 5.10. The molecule has 1 heterocycles. The van der Waals surface area contributed by atoms with Crippen molar-refractivity contribution in [3.05, 3.63) is 30.6 Å². The standard InChI is InChI=1S/C12H11N5O/c1-17-8-14-16-12(17)9-2-4-10(5-3-9)15-11(18)6-7-13/h2-5,8H,6H2,1H3,(H,15,18). The van der Waals surface area contributed by atoms with Crippen LogP contribution in [-0.4, -0.2) is 20.7 Å². The number of anilines is 1. The largest absolute Gasteiger partial charge is 0.325 e. The van der Waals surface area contributed by atoms with Gasteiger partial charge in [0.15, 0.2) is 5.82 Å². The van der Waals surface area contributed by atoms with Crippen LogP contribution in [0, 0.1) is 11.3 Å². The van der Waals surface area contributed by atoms with Crippen molar-refractivity contribution in [3.8, 4) is 17.5 Å². The van der Waals surface area contributed by atoms with Crippen LogP contribution in [0.4, 0.5) is 5.69 Å². The fourth-order valence-corrected chi connectivity index (χ4v) is 1.52. The molecule has 6 heteroatoms. The molecule has 0 aliphatic heterocycles. The highest BCUT2D eigenvalue weighted by Gasteiger charge is 2.05. The average molecular weight is 241 g/mol. The molecule has 90 valence electrons. The maximum Gasteiger partial charge on any atom is 0.238 e. The van der Waals surface area contributed by atoms with E-state index in [-0.39, 0.29) is 12.3 Å². The topological polar surface area (TPSA) is 83.6 Å². The Hall–Kier alpha value is -2.68. The molecule has 0 saturated heterocycles. The lowest BCUT2D eigenvalue weighted by Gasteiger charge is -2.04. The molecule has 1 aromatic carbocycles. The minimum absolute atomic E-state index is 0.148. The summed E-state index contributed by atoms with van der Waals surface area (Å²) < 4.78 is 1.81. The number of aromatic nitrogens is 3. The van der Waals surface area contributed by atoms with Crippen LogP contribution in [0.2, 0.25) is 0 Å². The zero-order chi connectivity index (χ0) is 13.0.